The van der Waals surface area contributed by atoms with E-state index in [1.807, 2.05) is 0 Å². The number of carboxylic acids is 1. The monoisotopic (exact) mass is 248 g/mol. The van der Waals surface area contributed by atoms with Crippen LogP contribution in [0, 0.1) is 5.92 Å². The maximum atomic E-state index is 10.9. The summed E-state index contributed by atoms with van der Waals surface area (Å²) < 4.78 is 10.9. The van der Waals surface area contributed by atoms with Gasteiger partial charge < -0.3 is 15.9 Å². The molecule has 1 amide bonds. The van der Waals surface area contributed by atoms with Crippen LogP contribution >= 0.6 is 8.46 Å². The van der Waals surface area contributed by atoms with Crippen LogP contribution in [-0.2, 0) is 14.2 Å². The number of amides is 1. The number of hydrogen-bond acceptors (Lipinski definition) is 4. The van der Waals surface area contributed by atoms with Crippen molar-refractivity contribution in [2.24, 2.45) is 11.7 Å². The number of carboxylic acid groups (broad SMARTS) is 1. The minimum atomic E-state index is -1.89. The normalized spacial score (nSPS) is 16.3. The fraction of sp³-hybridized carbons (Fsp3) is 0.556. The molecule has 16 heavy (non-hydrogen) atoms. The highest BCUT2D eigenvalue weighted by Gasteiger charge is 2.48. The van der Waals surface area contributed by atoms with Gasteiger partial charge in [-0.1, -0.05) is 10.6 Å². The minimum absolute atomic E-state index is 0.120. The first kappa shape index (κ1) is 14.7. The maximum absolute atomic E-state index is 10.9. The lowest BCUT2D eigenvalue weighted by Gasteiger charge is -2.20. The number of carbonyl (C=O) groups is 2. The SMILES string of the molecule is C=CCC(O)([PH+]=O)C(CCC(N)=O)C(=O)O. The van der Waals surface area contributed by atoms with Gasteiger partial charge in [0.1, 0.15) is 5.92 Å². The Balaban J connectivity index is 4.85. The van der Waals surface area contributed by atoms with Gasteiger partial charge in [-0.15, -0.1) is 6.58 Å². The summed E-state index contributed by atoms with van der Waals surface area (Å²) in [6, 6.07) is 0. The first-order chi connectivity index (χ1) is 7.37. The van der Waals surface area contributed by atoms with Gasteiger partial charge in [-0.25, -0.2) is 0 Å². The average Bonchev–Trinajstić information content (AvgIpc) is 2.17. The maximum Gasteiger partial charge on any atom is 0.360 e. The van der Waals surface area contributed by atoms with Crippen molar-refractivity contribution in [3.63, 3.8) is 0 Å². The number of rotatable bonds is 8. The van der Waals surface area contributed by atoms with Crippen molar-refractivity contribution in [3.8, 4) is 0 Å². The van der Waals surface area contributed by atoms with Gasteiger partial charge in [-0.2, -0.15) is 0 Å². The molecule has 0 rings (SSSR count). The molecule has 0 aromatic carbocycles. The third-order valence-electron chi connectivity index (χ3n) is 2.19. The Morgan fingerprint density at radius 3 is 2.44 bits per heavy atom. The van der Waals surface area contributed by atoms with Gasteiger partial charge in [-0.3, -0.25) is 9.59 Å². The third kappa shape index (κ3) is 4.08. The molecule has 3 atom stereocenters. The van der Waals surface area contributed by atoms with Crippen LogP contribution < -0.4 is 5.73 Å². The Morgan fingerprint density at radius 2 is 2.12 bits per heavy atom. The van der Waals surface area contributed by atoms with E-state index in [0.717, 1.165) is 0 Å². The molecule has 7 heteroatoms. The van der Waals surface area contributed by atoms with E-state index in [1.54, 1.807) is 0 Å². The predicted molar refractivity (Wildman–Crippen MR) is 58.3 cm³/mol. The Kier molecular flexibility index (Phi) is 5.85. The summed E-state index contributed by atoms with van der Waals surface area (Å²) in [5.74, 6) is -3.27. The van der Waals surface area contributed by atoms with Crippen LogP contribution in [0.1, 0.15) is 19.3 Å². The summed E-state index contributed by atoms with van der Waals surface area (Å²) >= 11 is 0. The first-order valence-electron chi connectivity index (χ1n) is 4.61. The second-order valence-electron chi connectivity index (χ2n) is 3.41. The highest BCUT2D eigenvalue weighted by atomic mass is 31.1. The Labute approximate surface area is 94.3 Å². The molecule has 0 bridgehead atoms. The van der Waals surface area contributed by atoms with Crippen LogP contribution in [0.15, 0.2) is 12.7 Å². The number of carbonyl (C=O) groups excluding carboxylic acids is 1. The smallest absolute Gasteiger partial charge is 0.360 e. The van der Waals surface area contributed by atoms with Crippen LogP contribution in [0.3, 0.4) is 0 Å². The molecule has 0 aromatic heterocycles. The molecule has 90 valence electrons. The average molecular weight is 248 g/mol. The zero-order valence-electron chi connectivity index (χ0n) is 8.68. The van der Waals surface area contributed by atoms with Gasteiger partial charge in [0.25, 0.3) is 5.34 Å². The molecule has 0 fully saturated rings. The second kappa shape index (κ2) is 6.35. The molecular weight excluding hydrogens is 233 g/mol. The minimum Gasteiger partial charge on any atom is -0.481 e. The lowest BCUT2D eigenvalue weighted by Crippen LogP contribution is -2.37. The fourth-order valence-electron chi connectivity index (χ4n) is 1.33. The van der Waals surface area contributed by atoms with Crippen molar-refractivity contribution < 1.29 is 24.4 Å². The summed E-state index contributed by atoms with van der Waals surface area (Å²) in [5, 5.41) is 16.9. The molecule has 0 aliphatic heterocycles. The van der Waals surface area contributed by atoms with Crippen molar-refractivity contribution in [1.29, 1.82) is 0 Å². The largest absolute Gasteiger partial charge is 0.481 e. The van der Waals surface area contributed by atoms with Crippen molar-refractivity contribution in [3.05, 3.63) is 12.7 Å². The molecular formula is C9H15NO5P+. The van der Waals surface area contributed by atoms with Crippen molar-refractivity contribution >= 4 is 20.3 Å². The fourth-order valence-corrected chi connectivity index (χ4v) is 1.97. The van der Waals surface area contributed by atoms with Gasteiger partial charge in [0.2, 0.25) is 5.91 Å². The van der Waals surface area contributed by atoms with Crippen LogP contribution in [0.2, 0.25) is 0 Å². The lowest BCUT2D eigenvalue weighted by atomic mass is 9.93. The lowest BCUT2D eigenvalue weighted by molar-refractivity contribution is -0.147. The van der Waals surface area contributed by atoms with Crippen molar-refractivity contribution in [2.75, 3.05) is 0 Å². The zero-order valence-corrected chi connectivity index (χ0v) is 9.68. The highest BCUT2D eigenvalue weighted by Crippen LogP contribution is 2.35. The molecule has 0 spiro atoms. The summed E-state index contributed by atoms with van der Waals surface area (Å²) in [6.07, 6.45) is 0.834. The Hall–Kier alpha value is -1.26. The van der Waals surface area contributed by atoms with Crippen LogP contribution in [0.4, 0.5) is 0 Å². The van der Waals surface area contributed by atoms with E-state index >= 15 is 0 Å². The summed E-state index contributed by atoms with van der Waals surface area (Å²) in [5.41, 5.74) is 4.89. The van der Waals surface area contributed by atoms with Gasteiger partial charge in [0, 0.05) is 12.8 Å². The molecule has 0 saturated heterocycles. The van der Waals surface area contributed by atoms with Crippen LogP contribution in [0.5, 0.6) is 0 Å². The van der Waals surface area contributed by atoms with E-state index < -0.39 is 31.6 Å². The highest BCUT2D eigenvalue weighted by molar-refractivity contribution is 7.25. The number of aliphatic hydroxyl groups is 1. The molecule has 0 saturated carbocycles. The predicted octanol–water partition coefficient (Wildman–Crippen LogP) is 0.241. The zero-order chi connectivity index (χ0) is 12.8. The molecule has 0 aliphatic carbocycles. The van der Waals surface area contributed by atoms with E-state index in [0.29, 0.717) is 0 Å². The molecule has 3 unspecified atom stereocenters. The summed E-state index contributed by atoms with van der Waals surface area (Å²) in [6.45, 7) is 3.35. The van der Waals surface area contributed by atoms with Crippen molar-refractivity contribution in [1.82, 2.24) is 0 Å². The molecule has 4 N–H and O–H groups in total. The molecule has 6 nitrogen and oxygen atoms in total. The third-order valence-corrected chi connectivity index (χ3v) is 3.09. The first-order valence-corrected chi connectivity index (χ1v) is 5.52. The number of nitrogens with two attached hydrogens (primary N) is 1. The molecule has 0 aromatic rings. The Bertz CT molecular complexity index is 306. The van der Waals surface area contributed by atoms with Crippen molar-refractivity contribution in [2.45, 2.75) is 24.6 Å². The molecule has 0 heterocycles. The molecule has 0 aliphatic rings. The van der Waals surface area contributed by atoms with Crippen LogP contribution in [0.25, 0.3) is 0 Å². The van der Waals surface area contributed by atoms with E-state index in [9.17, 15) is 19.3 Å². The van der Waals surface area contributed by atoms with E-state index in [4.69, 9.17) is 10.8 Å². The Morgan fingerprint density at radius 1 is 1.56 bits per heavy atom. The summed E-state index contributed by atoms with van der Waals surface area (Å²) in [4.78, 5) is 21.5. The van der Waals surface area contributed by atoms with Gasteiger partial charge in [0.15, 0.2) is 0 Å². The van der Waals surface area contributed by atoms with E-state index in [2.05, 4.69) is 6.58 Å². The summed E-state index contributed by atoms with van der Waals surface area (Å²) in [7, 11) is -1.21. The molecule has 0 radical (unpaired) electrons. The van der Waals surface area contributed by atoms with Gasteiger partial charge in [-0.05, 0) is 6.42 Å². The van der Waals surface area contributed by atoms with Gasteiger partial charge in [0.05, 0.1) is 0 Å². The quantitative estimate of drug-likeness (QED) is 0.420. The second-order valence-corrected chi connectivity index (χ2v) is 4.48. The number of aliphatic carboxylic acids is 1. The standard InChI is InChI=1S/C9H14NO5P/c1-2-5-9(14,16-15)6(8(12)13)3-4-7(10)11/h2,6,14H,1,3-5H2,(H2,10,11)(H,12,13)/p+1. The number of primary amides is 1. The van der Waals surface area contributed by atoms with Crippen LogP contribution in [-0.4, -0.2) is 27.4 Å². The van der Waals surface area contributed by atoms with Gasteiger partial charge >= 0.3 is 14.4 Å². The van der Waals surface area contributed by atoms with E-state index in [1.165, 1.54) is 6.08 Å². The number of hydrogen-bond donors (Lipinski definition) is 3. The van der Waals surface area contributed by atoms with E-state index in [-0.39, 0.29) is 19.3 Å². The topological polar surface area (TPSA) is 118 Å².